The number of carbonyl (C=O) groups excluding carboxylic acids is 1. The fraction of sp³-hybridized carbons (Fsp3) is 0.172. The summed E-state index contributed by atoms with van der Waals surface area (Å²) in [6.07, 6.45) is 0.188. The number of primary sulfonamides is 1. The van der Waals surface area contributed by atoms with Gasteiger partial charge in [-0.1, -0.05) is 19.1 Å². The average molecular weight is 612 g/mol. The third-order valence-corrected chi connectivity index (χ3v) is 7.77. The quantitative estimate of drug-likeness (QED) is 0.199. The van der Waals surface area contributed by atoms with Crippen LogP contribution >= 0.6 is 12.4 Å². The fourth-order valence-electron chi connectivity index (χ4n) is 4.84. The van der Waals surface area contributed by atoms with Gasteiger partial charge in [-0.2, -0.15) is 4.98 Å². The molecular formula is C29H30ClN5O6S. The number of para-hydroxylation sites is 1. The Kier molecular flexibility index (Phi) is 8.53. The van der Waals surface area contributed by atoms with Crippen molar-refractivity contribution in [2.75, 3.05) is 24.4 Å². The maximum atomic E-state index is 13.5. The van der Waals surface area contributed by atoms with Gasteiger partial charge in [-0.05, 0) is 48.5 Å². The summed E-state index contributed by atoms with van der Waals surface area (Å²) in [6, 6.07) is 18.4. The second-order valence-corrected chi connectivity index (χ2v) is 10.8. The number of anilines is 4. The topological polar surface area (TPSA) is 149 Å². The number of aryl methyl sites for hydroxylation is 1. The van der Waals surface area contributed by atoms with E-state index in [0.29, 0.717) is 28.3 Å². The second kappa shape index (κ2) is 11.8. The first kappa shape index (κ1) is 30.4. The van der Waals surface area contributed by atoms with E-state index in [1.54, 1.807) is 49.4 Å². The highest BCUT2D eigenvalue weighted by Gasteiger charge is 2.24. The highest BCUT2D eigenvalue weighted by atomic mass is 35.5. The molecule has 220 valence electrons. The van der Waals surface area contributed by atoms with Gasteiger partial charge in [0.25, 0.3) is 0 Å². The molecule has 0 radical (unpaired) electrons. The Morgan fingerprint density at radius 1 is 1.02 bits per heavy atom. The smallest absolute Gasteiger partial charge is 0.240 e. The summed E-state index contributed by atoms with van der Waals surface area (Å²) in [4.78, 5) is 19.3. The highest BCUT2D eigenvalue weighted by Crippen LogP contribution is 2.43. The largest absolute Gasteiger partial charge is 0.506 e. The molecule has 2 heterocycles. The van der Waals surface area contributed by atoms with Crippen LogP contribution in [-0.4, -0.2) is 43.2 Å². The number of sulfonamides is 1. The van der Waals surface area contributed by atoms with Gasteiger partial charge in [0.05, 0.1) is 36.0 Å². The summed E-state index contributed by atoms with van der Waals surface area (Å²) >= 11 is 0. The molecule has 0 spiro atoms. The van der Waals surface area contributed by atoms with Crippen LogP contribution in [0.1, 0.15) is 13.3 Å². The number of nitrogens with zero attached hydrogens (tertiary/aromatic N) is 3. The molecule has 0 saturated carbocycles. The predicted octanol–water partition coefficient (Wildman–Crippen LogP) is 5.34. The summed E-state index contributed by atoms with van der Waals surface area (Å²) in [6.45, 7) is 1.76. The number of nitrogens with two attached hydrogens (primary N) is 1. The van der Waals surface area contributed by atoms with Crippen LogP contribution in [0.25, 0.3) is 21.8 Å². The molecule has 0 aliphatic heterocycles. The summed E-state index contributed by atoms with van der Waals surface area (Å²) in [5.74, 6) is 0.290. The van der Waals surface area contributed by atoms with Crippen molar-refractivity contribution in [3.8, 4) is 17.5 Å². The van der Waals surface area contributed by atoms with Crippen LogP contribution in [0, 0.1) is 0 Å². The maximum absolute atomic E-state index is 13.5. The number of halogens is 1. The van der Waals surface area contributed by atoms with Crippen molar-refractivity contribution in [1.29, 1.82) is 0 Å². The summed E-state index contributed by atoms with van der Waals surface area (Å²) < 4.78 is 36.5. The molecule has 2 aromatic heterocycles. The Balaban J connectivity index is 0.00000405. The van der Waals surface area contributed by atoms with Gasteiger partial charge in [0.2, 0.25) is 27.7 Å². The van der Waals surface area contributed by atoms with Gasteiger partial charge in [0, 0.05) is 35.8 Å². The van der Waals surface area contributed by atoms with Crippen molar-refractivity contribution in [2.45, 2.75) is 18.2 Å². The minimum Gasteiger partial charge on any atom is -0.506 e. The number of aromatic hydroxyl groups is 1. The first-order valence-corrected chi connectivity index (χ1v) is 14.2. The molecule has 5 aromatic rings. The van der Waals surface area contributed by atoms with E-state index < -0.39 is 10.0 Å². The van der Waals surface area contributed by atoms with Gasteiger partial charge in [0.15, 0.2) is 0 Å². The zero-order valence-electron chi connectivity index (χ0n) is 23.3. The lowest BCUT2D eigenvalue weighted by molar-refractivity contribution is -0.117. The SMILES string of the molecule is CCC(=O)N(c1ccc2c3cc(S(N)(=O)=O)ccc3n(C)c2c1)c1cccc(O)c1Nc1ccc(OC)nc1OC.Cl. The van der Waals surface area contributed by atoms with E-state index in [4.69, 9.17) is 14.6 Å². The van der Waals surface area contributed by atoms with Crippen LogP contribution in [0.3, 0.4) is 0 Å². The van der Waals surface area contributed by atoms with Crippen LogP contribution in [0.2, 0.25) is 0 Å². The molecule has 0 aliphatic carbocycles. The first-order valence-electron chi connectivity index (χ1n) is 12.6. The van der Waals surface area contributed by atoms with Gasteiger partial charge in [0.1, 0.15) is 17.1 Å². The first-order chi connectivity index (χ1) is 19.6. The molecule has 0 saturated heterocycles. The summed E-state index contributed by atoms with van der Waals surface area (Å²) in [5.41, 5.74) is 3.26. The third kappa shape index (κ3) is 5.39. The van der Waals surface area contributed by atoms with E-state index in [0.717, 1.165) is 16.4 Å². The Morgan fingerprint density at radius 2 is 1.79 bits per heavy atom. The van der Waals surface area contributed by atoms with Crippen LogP contribution in [-0.2, 0) is 21.9 Å². The number of pyridine rings is 1. The van der Waals surface area contributed by atoms with E-state index in [9.17, 15) is 18.3 Å². The number of fused-ring (bicyclic) bond motifs is 3. The van der Waals surface area contributed by atoms with Crippen molar-refractivity contribution in [3.63, 3.8) is 0 Å². The maximum Gasteiger partial charge on any atom is 0.240 e. The van der Waals surface area contributed by atoms with E-state index in [2.05, 4.69) is 10.3 Å². The van der Waals surface area contributed by atoms with Gasteiger partial charge in [-0.15, -0.1) is 12.4 Å². The molecule has 5 rings (SSSR count). The zero-order chi connectivity index (χ0) is 29.5. The predicted molar refractivity (Wildman–Crippen MR) is 165 cm³/mol. The number of carbonyl (C=O) groups is 1. The molecule has 3 aromatic carbocycles. The molecule has 13 heteroatoms. The number of nitrogens with one attached hydrogen (secondary N) is 1. The van der Waals surface area contributed by atoms with Gasteiger partial charge in [-0.25, -0.2) is 13.6 Å². The number of rotatable bonds is 8. The molecular weight excluding hydrogens is 582 g/mol. The highest BCUT2D eigenvalue weighted by molar-refractivity contribution is 7.89. The zero-order valence-corrected chi connectivity index (χ0v) is 24.9. The van der Waals surface area contributed by atoms with Crippen molar-refractivity contribution in [1.82, 2.24) is 9.55 Å². The molecule has 4 N–H and O–H groups in total. The van der Waals surface area contributed by atoms with Gasteiger partial charge in [-0.3, -0.25) is 9.69 Å². The lowest BCUT2D eigenvalue weighted by Crippen LogP contribution is -2.25. The Bertz CT molecular complexity index is 1930. The number of hydrogen-bond acceptors (Lipinski definition) is 8. The number of amides is 1. The monoisotopic (exact) mass is 611 g/mol. The Morgan fingerprint density at radius 3 is 2.45 bits per heavy atom. The molecule has 0 fully saturated rings. The van der Waals surface area contributed by atoms with E-state index >= 15 is 0 Å². The van der Waals surface area contributed by atoms with Crippen LogP contribution in [0.5, 0.6) is 17.5 Å². The Labute approximate surface area is 248 Å². The lowest BCUT2D eigenvalue weighted by atomic mass is 10.1. The molecule has 11 nitrogen and oxygen atoms in total. The van der Waals surface area contributed by atoms with Crippen LogP contribution in [0.15, 0.2) is 71.6 Å². The van der Waals surface area contributed by atoms with Crippen LogP contribution < -0.4 is 24.8 Å². The molecule has 1 amide bonds. The second-order valence-electron chi connectivity index (χ2n) is 9.27. The number of ether oxygens (including phenoxy) is 2. The van der Waals surface area contributed by atoms with E-state index in [1.165, 1.54) is 31.3 Å². The Hall–Kier alpha value is -4.52. The molecule has 0 aliphatic rings. The van der Waals surface area contributed by atoms with Gasteiger partial charge < -0.3 is 24.5 Å². The summed E-state index contributed by atoms with van der Waals surface area (Å²) in [7, 11) is 0.944. The van der Waals surface area contributed by atoms with Gasteiger partial charge >= 0.3 is 0 Å². The fourth-order valence-corrected chi connectivity index (χ4v) is 5.38. The molecule has 0 unspecified atom stereocenters. The lowest BCUT2D eigenvalue weighted by Gasteiger charge is -2.26. The number of aromatic nitrogens is 2. The molecule has 42 heavy (non-hydrogen) atoms. The minimum atomic E-state index is -3.88. The van der Waals surface area contributed by atoms with Crippen molar-refractivity contribution in [3.05, 3.63) is 66.7 Å². The standard InChI is InChI=1S/C29H29N5O6S.ClH/c1-5-27(36)34(23-7-6-8-25(35)28(23)31-21-12-14-26(39-3)32-29(21)40-4)17-9-11-19-20-16-18(41(30,37)38)10-13-22(20)33(2)24(19)15-17;/h6-16,31,35H,5H2,1-4H3,(H2,30,37,38);1H. The number of phenolic OH excluding ortho intramolecular Hbond substituents is 1. The minimum absolute atomic E-state index is 0. The van der Waals surface area contributed by atoms with Crippen molar-refractivity contribution in [2.24, 2.45) is 12.2 Å². The third-order valence-electron chi connectivity index (χ3n) is 6.86. The molecule has 0 bridgehead atoms. The number of benzene rings is 3. The number of methoxy groups -OCH3 is 2. The van der Waals surface area contributed by atoms with E-state index in [-0.39, 0.29) is 46.9 Å². The normalized spacial score (nSPS) is 11.3. The van der Waals surface area contributed by atoms with Crippen LogP contribution in [0.4, 0.5) is 22.7 Å². The summed E-state index contributed by atoms with van der Waals surface area (Å²) in [5, 5.41) is 21.0. The van der Waals surface area contributed by atoms with E-state index in [1.807, 2.05) is 23.7 Å². The molecule has 0 atom stereocenters. The van der Waals surface area contributed by atoms with Crippen molar-refractivity contribution >= 4 is 72.9 Å². The number of phenols is 1. The van der Waals surface area contributed by atoms with Crippen molar-refractivity contribution < 1.29 is 27.8 Å². The average Bonchev–Trinajstić information content (AvgIpc) is 3.25. The number of hydrogen-bond donors (Lipinski definition) is 3.